The number of amides is 2. The van der Waals surface area contributed by atoms with E-state index in [9.17, 15) is 14.0 Å². The molecule has 1 unspecified atom stereocenters. The average molecular weight is 471 g/mol. The second kappa shape index (κ2) is 11.0. The fourth-order valence-electron chi connectivity index (χ4n) is 4.33. The monoisotopic (exact) mass is 470 g/mol. The molecule has 182 valence electrons. The van der Waals surface area contributed by atoms with Crippen molar-refractivity contribution in [3.8, 4) is 5.75 Å². The molecule has 2 heterocycles. The first-order chi connectivity index (χ1) is 16.4. The van der Waals surface area contributed by atoms with Gasteiger partial charge >= 0.3 is 0 Å². The molecule has 0 bridgehead atoms. The highest BCUT2D eigenvalue weighted by Crippen LogP contribution is 2.26. The molecule has 8 heteroatoms. The second-order valence-corrected chi connectivity index (χ2v) is 8.86. The number of hydrogen-bond acceptors (Lipinski definition) is 5. The van der Waals surface area contributed by atoms with Crippen LogP contribution in [0.25, 0.3) is 0 Å². The van der Waals surface area contributed by atoms with E-state index >= 15 is 0 Å². The van der Waals surface area contributed by atoms with Gasteiger partial charge in [0.2, 0.25) is 11.8 Å². The summed E-state index contributed by atoms with van der Waals surface area (Å²) in [4.78, 5) is 29.8. The number of morpholine rings is 2. The summed E-state index contributed by atoms with van der Waals surface area (Å²) in [6.45, 7) is 5.14. The normalized spacial score (nSPS) is 20.8. The molecule has 34 heavy (non-hydrogen) atoms. The van der Waals surface area contributed by atoms with Gasteiger partial charge in [-0.25, -0.2) is 4.39 Å². The van der Waals surface area contributed by atoms with E-state index in [1.807, 2.05) is 31.2 Å². The molecule has 2 aromatic rings. The third-order valence-corrected chi connectivity index (χ3v) is 6.36. The second-order valence-electron chi connectivity index (χ2n) is 8.86. The van der Waals surface area contributed by atoms with Gasteiger partial charge in [-0.2, -0.15) is 0 Å². The molecule has 0 saturated carbocycles. The topological polar surface area (TPSA) is 68.3 Å². The van der Waals surface area contributed by atoms with Crippen molar-refractivity contribution >= 4 is 11.8 Å². The van der Waals surface area contributed by atoms with Gasteiger partial charge in [0.05, 0.1) is 39.2 Å². The Balaban J connectivity index is 1.49. The first kappa shape index (κ1) is 24.2. The van der Waals surface area contributed by atoms with Crippen molar-refractivity contribution in [3.63, 3.8) is 0 Å². The first-order valence-electron chi connectivity index (χ1n) is 11.6. The van der Waals surface area contributed by atoms with E-state index < -0.39 is 5.60 Å². The van der Waals surface area contributed by atoms with Crippen LogP contribution in [0.3, 0.4) is 0 Å². The number of nitrogens with zero attached hydrogens (tertiary/aromatic N) is 2. The lowest BCUT2D eigenvalue weighted by atomic mass is 9.96. The number of rotatable bonds is 7. The predicted molar refractivity (Wildman–Crippen MR) is 124 cm³/mol. The Morgan fingerprint density at radius 2 is 1.68 bits per heavy atom. The molecular formula is C26H31FN2O5. The third kappa shape index (κ3) is 6.12. The fourth-order valence-corrected chi connectivity index (χ4v) is 4.33. The van der Waals surface area contributed by atoms with E-state index in [-0.39, 0.29) is 37.2 Å². The fraction of sp³-hybridized carbons (Fsp3) is 0.462. The predicted octanol–water partition coefficient (Wildman–Crippen LogP) is 2.60. The van der Waals surface area contributed by atoms with Crippen LogP contribution in [-0.4, -0.2) is 79.8 Å². The molecule has 7 nitrogen and oxygen atoms in total. The molecule has 2 aliphatic rings. The number of ether oxygens (including phenoxy) is 3. The van der Waals surface area contributed by atoms with E-state index in [4.69, 9.17) is 14.2 Å². The number of carbonyl (C=O) groups is 2. The van der Waals surface area contributed by atoms with E-state index in [2.05, 4.69) is 0 Å². The molecule has 0 spiro atoms. The molecule has 2 saturated heterocycles. The molecular weight excluding hydrogens is 439 g/mol. The van der Waals surface area contributed by atoms with Crippen molar-refractivity contribution in [3.05, 3.63) is 65.5 Å². The average Bonchev–Trinajstić information content (AvgIpc) is 2.86. The molecule has 2 fully saturated rings. The lowest BCUT2D eigenvalue weighted by Crippen LogP contribution is -2.59. The zero-order valence-corrected chi connectivity index (χ0v) is 19.5. The van der Waals surface area contributed by atoms with Gasteiger partial charge in [-0.15, -0.1) is 0 Å². The Labute approximate surface area is 199 Å². The van der Waals surface area contributed by atoms with Crippen LogP contribution in [0.4, 0.5) is 4.39 Å². The first-order valence-corrected chi connectivity index (χ1v) is 11.6. The smallest absolute Gasteiger partial charge is 0.227 e. The van der Waals surface area contributed by atoms with Crippen LogP contribution in [0.1, 0.15) is 17.5 Å². The van der Waals surface area contributed by atoms with Gasteiger partial charge in [0.1, 0.15) is 23.8 Å². The highest BCUT2D eigenvalue weighted by molar-refractivity contribution is 5.80. The molecule has 0 N–H and O–H groups in total. The molecule has 0 aliphatic carbocycles. The summed E-state index contributed by atoms with van der Waals surface area (Å²) in [5.74, 6) is 0.0554. The zero-order chi connectivity index (χ0) is 24.0. The Morgan fingerprint density at radius 1 is 0.971 bits per heavy atom. The summed E-state index contributed by atoms with van der Waals surface area (Å²) in [5.41, 5.74) is 1.05. The summed E-state index contributed by atoms with van der Waals surface area (Å²) in [6, 6.07) is 13.5. The maximum absolute atomic E-state index is 13.3. The summed E-state index contributed by atoms with van der Waals surface area (Å²) in [7, 11) is 0. The number of carbonyl (C=O) groups excluding carboxylic acids is 2. The minimum absolute atomic E-state index is 0.0115. The Hall–Kier alpha value is -2.97. The summed E-state index contributed by atoms with van der Waals surface area (Å²) < 4.78 is 30.7. The van der Waals surface area contributed by atoms with Gasteiger partial charge in [0, 0.05) is 19.6 Å². The van der Waals surface area contributed by atoms with Gasteiger partial charge in [-0.3, -0.25) is 9.59 Å². The largest absolute Gasteiger partial charge is 0.490 e. The van der Waals surface area contributed by atoms with Crippen molar-refractivity contribution in [1.82, 2.24) is 9.80 Å². The van der Waals surface area contributed by atoms with E-state index in [1.54, 1.807) is 9.80 Å². The van der Waals surface area contributed by atoms with E-state index in [1.165, 1.54) is 24.3 Å². The molecule has 0 aromatic heterocycles. The minimum atomic E-state index is -0.997. The molecule has 2 aromatic carbocycles. The van der Waals surface area contributed by atoms with Crippen molar-refractivity contribution in [2.45, 2.75) is 25.4 Å². The Kier molecular flexibility index (Phi) is 7.80. The standard InChI is InChI=1S/C26H31FN2O5/c1-20-4-2-3-5-21(20)16-24(30)29-12-15-34-26(18-29,17-25(31)28-10-13-32-14-11-28)19-33-23-8-6-22(27)7-9-23/h2-9H,10-19H2,1H3. The molecule has 2 aliphatic heterocycles. The maximum Gasteiger partial charge on any atom is 0.227 e. The van der Waals surface area contributed by atoms with Crippen LogP contribution in [-0.2, 0) is 25.5 Å². The third-order valence-electron chi connectivity index (χ3n) is 6.36. The number of halogens is 1. The molecule has 0 radical (unpaired) electrons. The van der Waals surface area contributed by atoms with Crippen LogP contribution < -0.4 is 4.74 Å². The van der Waals surface area contributed by atoms with Crippen molar-refractivity contribution in [2.75, 3.05) is 52.6 Å². The summed E-state index contributed by atoms with van der Waals surface area (Å²) >= 11 is 0. The van der Waals surface area contributed by atoms with Crippen molar-refractivity contribution in [2.24, 2.45) is 0 Å². The molecule has 1 atom stereocenters. The van der Waals surface area contributed by atoms with Crippen molar-refractivity contribution in [1.29, 1.82) is 0 Å². The van der Waals surface area contributed by atoms with Crippen LogP contribution >= 0.6 is 0 Å². The lowest BCUT2D eigenvalue weighted by Gasteiger charge is -2.43. The summed E-state index contributed by atoms with van der Waals surface area (Å²) in [5, 5.41) is 0. The molecule has 4 rings (SSSR count). The highest BCUT2D eigenvalue weighted by atomic mass is 19.1. The Bertz CT molecular complexity index is 993. The minimum Gasteiger partial charge on any atom is -0.490 e. The number of hydrogen-bond donors (Lipinski definition) is 0. The quantitative estimate of drug-likeness (QED) is 0.622. The van der Waals surface area contributed by atoms with Gasteiger partial charge < -0.3 is 24.0 Å². The zero-order valence-electron chi connectivity index (χ0n) is 19.5. The lowest BCUT2D eigenvalue weighted by molar-refractivity contribution is -0.167. The van der Waals surface area contributed by atoms with Gasteiger partial charge in [0.25, 0.3) is 0 Å². The van der Waals surface area contributed by atoms with Crippen molar-refractivity contribution < 1.29 is 28.2 Å². The number of benzene rings is 2. The number of aryl methyl sites for hydroxylation is 1. The van der Waals surface area contributed by atoms with Crippen LogP contribution in [0.15, 0.2) is 48.5 Å². The van der Waals surface area contributed by atoms with Crippen LogP contribution in [0.5, 0.6) is 5.75 Å². The van der Waals surface area contributed by atoms with Gasteiger partial charge in [-0.1, -0.05) is 24.3 Å². The maximum atomic E-state index is 13.3. The van der Waals surface area contributed by atoms with Crippen LogP contribution in [0.2, 0.25) is 0 Å². The van der Waals surface area contributed by atoms with Gasteiger partial charge in [-0.05, 0) is 42.3 Å². The summed E-state index contributed by atoms with van der Waals surface area (Å²) in [6.07, 6.45) is 0.376. The highest BCUT2D eigenvalue weighted by Gasteiger charge is 2.42. The molecule has 2 amide bonds. The van der Waals surface area contributed by atoms with Gasteiger partial charge in [0.15, 0.2) is 0 Å². The Morgan fingerprint density at radius 3 is 2.41 bits per heavy atom. The van der Waals surface area contributed by atoms with E-state index in [0.717, 1.165) is 11.1 Å². The SMILES string of the molecule is Cc1ccccc1CC(=O)N1CCOC(COc2ccc(F)cc2)(CC(=O)N2CCOCC2)C1. The van der Waals surface area contributed by atoms with Crippen LogP contribution in [0, 0.1) is 12.7 Å². The van der Waals surface area contributed by atoms with E-state index in [0.29, 0.717) is 51.6 Å².